The molecule has 3 unspecified atom stereocenters. The number of hydrogen-bond acceptors (Lipinski definition) is 3. The maximum Gasteiger partial charge on any atom is 0.0170 e. The van der Waals surface area contributed by atoms with E-state index in [-0.39, 0.29) is 0 Å². The fraction of sp³-hybridized carbons (Fsp3) is 1.00. The zero-order valence-electron chi connectivity index (χ0n) is 10.2. The zero-order valence-corrected chi connectivity index (χ0v) is 11.0. The maximum atomic E-state index is 3.65. The molecule has 3 rings (SSSR count). The SMILES string of the molecule is C1CC2CN(CCC3CSCCN3)CC2C1. The van der Waals surface area contributed by atoms with Gasteiger partial charge in [-0.05, 0) is 37.6 Å². The number of nitrogens with zero attached hydrogens (tertiary/aromatic N) is 1. The van der Waals surface area contributed by atoms with Crippen LogP contribution in [0.15, 0.2) is 0 Å². The number of fused-ring (bicyclic) bond motifs is 1. The molecule has 3 atom stereocenters. The van der Waals surface area contributed by atoms with Crippen molar-refractivity contribution >= 4 is 11.8 Å². The van der Waals surface area contributed by atoms with E-state index in [0.717, 1.165) is 17.9 Å². The van der Waals surface area contributed by atoms with Crippen molar-refractivity contribution < 1.29 is 0 Å². The molecule has 1 aliphatic carbocycles. The van der Waals surface area contributed by atoms with Crippen LogP contribution in [0.4, 0.5) is 0 Å². The molecule has 0 spiro atoms. The van der Waals surface area contributed by atoms with Crippen molar-refractivity contribution in [2.24, 2.45) is 11.8 Å². The van der Waals surface area contributed by atoms with E-state index in [1.807, 2.05) is 0 Å². The second-order valence-corrected chi connectivity index (χ2v) is 6.88. The minimum Gasteiger partial charge on any atom is -0.312 e. The Hall–Kier alpha value is 0.270. The zero-order chi connectivity index (χ0) is 10.8. The van der Waals surface area contributed by atoms with Gasteiger partial charge in [0.1, 0.15) is 0 Å². The van der Waals surface area contributed by atoms with Crippen LogP contribution < -0.4 is 5.32 Å². The van der Waals surface area contributed by atoms with E-state index in [2.05, 4.69) is 22.0 Å². The fourth-order valence-corrected chi connectivity index (χ4v) is 4.66. The molecule has 0 aromatic heterocycles. The van der Waals surface area contributed by atoms with E-state index >= 15 is 0 Å². The van der Waals surface area contributed by atoms with Crippen LogP contribution >= 0.6 is 11.8 Å². The fourth-order valence-electron chi connectivity index (χ4n) is 3.66. The summed E-state index contributed by atoms with van der Waals surface area (Å²) >= 11 is 2.12. The first-order valence-corrected chi connectivity index (χ1v) is 8.11. The molecule has 2 heterocycles. The van der Waals surface area contributed by atoms with Crippen LogP contribution in [0, 0.1) is 11.8 Å². The van der Waals surface area contributed by atoms with Gasteiger partial charge in [0.2, 0.25) is 0 Å². The molecular formula is C13H24N2S. The van der Waals surface area contributed by atoms with Crippen molar-refractivity contribution in [2.75, 3.05) is 37.7 Å². The van der Waals surface area contributed by atoms with Gasteiger partial charge in [-0.2, -0.15) is 11.8 Å². The van der Waals surface area contributed by atoms with Crippen LogP contribution in [0.3, 0.4) is 0 Å². The first-order valence-electron chi connectivity index (χ1n) is 6.95. The molecule has 0 aromatic carbocycles. The molecule has 0 radical (unpaired) electrons. The Kier molecular flexibility index (Phi) is 3.75. The lowest BCUT2D eigenvalue weighted by Crippen LogP contribution is -2.40. The van der Waals surface area contributed by atoms with E-state index in [0.29, 0.717) is 0 Å². The Morgan fingerprint density at radius 3 is 2.69 bits per heavy atom. The highest BCUT2D eigenvalue weighted by Gasteiger charge is 2.35. The molecule has 3 heteroatoms. The number of nitrogens with one attached hydrogen (secondary N) is 1. The highest BCUT2D eigenvalue weighted by molar-refractivity contribution is 7.99. The molecule has 0 amide bonds. The monoisotopic (exact) mass is 240 g/mol. The summed E-state index contributed by atoms with van der Waals surface area (Å²) in [7, 11) is 0. The number of hydrogen-bond donors (Lipinski definition) is 1. The molecule has 3 aliphatic rings. The third-order valence-electron chi connectivity index (χ3n) is 4.59. The molecule has 2 saturated heterocycles. The molecule has 92 valence electrons. The summed E-state index contributed by atoms with van der Waals surface area (Å²) in [5, 5.41) is 3.65. The third-order valence-corrected chi connectivity index (χ3v) is 5.73. The first-order chi connectivity index (χ1) is 7.92. The largest absolute Gasteiger partial charge is 0.312 e. The summed E-state index contributed by atoms with van der Waals surface area (Å²) in [4.78, 5) is 2.73. The van der Waals surface area contributed by atoms with Gasteiger partial charge < -0.3 is 10.2 Å². The number of thioether (sulfide) groups is 1. The van der Waals surface area contributed by atoms with Crippen LogP contribution in [-0.4, -0.2) is 48.6 Å². The average molecular weight is 240 g/mol. The standard InChI is InChI=1S/C13H24N2S/c1-2-11-8-15(9-12(11)3-1)6-4-13-10-16-7-5-14-13/h11-14H,1-10H2. The molecule has 1 saturated carbocycles. The van der Waals surface area contributed by atoms with Crippen LogP contribution in [0.1, 0.15) is 25.7 Å². The molecule has 0 aromatic rings. The van der Waals surface area contributed by atoms with Crippen molar-refractivity contribution in [1.82, 2.24) is 10.2 Å². The molecular weight excluding hydrogens is 216 g/mol. The van der Waals surface area contributed by atoms with Gasteiger partial charge in [-0.3, -0.25) is 0 Å². The number of likely N-dealkylation sites (tertiary alicyclic amines) is 1. The summed E-state index contributed by atoms with van der Waals surface area (Å²) in [6, 6.07) is 0.791. The van der Waals surface area contributed by atoms with E-state index < -0.39 is 0 Å². The van der Waals surface area contributed by atoms with Gasteiger partial charge in [0.05, 0.1) is 0 Å². The van der Waals surface area contributed by atoms with Gasteiger partial charge in [0.15, 0.2) is 0 Å². The Labute approximate surface area is 104 Å². The Balaban J connectivity index is 1.39. The predicted octanol–water partition coefficient (Wildman–Crippen LogP) is 1.81. The highest BCUT2D eigenvalue weighted by Crippen LogP contribution is 2.37. The minimum atomic E-state index is 0.791. The molecule has 1 N–H and O–H groups in total. The lowest BCUT2D eigenvalue weighted by molar-refractivity contribution is 0.292. The topological polar surface area (TPSA) is 15.3 Å². The third kappa shape index (κ3) is 2.57. The van der Waals surface area contributed by atoms with Crippen molar-refractivity contribution in [2.45, 2.75) is 31.7 Å². The average Bonchev–Trinajstić information content (AvgIpc) is 2.88. The molecule has 3 fully saturated rings. The minimum absolute atomic E-state index is 0.791. The van der Waals surface area contributed by atoms with Gasteiger partial charge in [-0.1, -0.05) is 6.42 Å². The van der Waals surface area contributed by atoms with E-state index in [1.165, 1.54) is 63.4 Å². The summed E-state index contributed by atoms with van der Waals surface area (Å²) in [6.45, 7) is 5.38. The summed E-state index contributed by atoms with van der Waals surface area (Å²) in [5.74, 6) is 4.77. The second kappa shape index (κ2) is 5.28. The van der Waals surface area contributed by atoms with Gasteiger partial charge >= 0.3 is 0 Å². The molecule has 2 aliphatic heterocycles. The highest BCUT2D eigenvalue weighted by atomic mass is 32.2. The Morgan fingerprint density at radius 2 is 2.00 bits per heavy atom. The van der Waals surface area contributed by atoms with Crippen molar-refractivity contribution in [3.8, 4) is 0 Å². The lowest BCUT2D eigenvalue weighted by Gasteiger charge is -2.25. The molecule has 0 bridgehead atoms. The van der Waals surface area contributed by atoms with Gasteiger partial charge in [-0.25, -0.2) is 0 Å². The molecule has 2 nitrogen and oxygen atoms in total. The van der Waals surface area contributed by atoms with Crippen molar-refractivity contribution in [3.63, 3.8) is 0 Å². The lowest BCUT2D eigenvalue weighted by atomic mass is 10.0. The van der Waals surface area contributed by atoms with Crippen LogP contribution in [0.2, 0.25) is 0 Å². The van der Waals surface area contributed by atoms with Gasteiger partial charge in [0.25, 0.3) is 0 Å². The van der Waals surface area contributed by atoms with Crippen LogP contribution in [0.5, 0.6) is 0 Å². The maximum absolute atomic E-state index is 3.65. The van der Waals surface area contributed by atoms with Crippen LogP contribution in [0.25, 0.3) is 0 Å². The smallest absolute Gasteiger partial charge is 0.0170 e. The van der Waals surface area contributed by atoms with E-state index in [1.54, 1.807) is 0 Å². The summed E-state index contributed by atoms with van der Waals surface area (Å²) < 4.78 is 0. The van der Waals surface area contributed by atoms with Gasteiger partial charge in [0, 0.05) is 37.2 Å². The summed E-state index contributed by atoms with van der Waals surface area (Å²) in [6.07, 6.45) is 5.90. The van der Waals surface area contributed by atoms with E-state index in [9.17, 15) is 0 Å². The quantitative estimate of drug-likeness (QED) is 0.810. The van der Waals surface area contributed by atoms with Gasteiger partial charge in [-0.15, -0.1) is 0 Å². The normalized spacial score (nSPS) is 40.1. The predicted molar refractivity (Wildman–Crippen MR) is 71.0 cm³/mol. The Bertz CT molecular complexity index is 216. The first kappa shape index (κ1) is 11.4. The second-order valence-electron chi connectivity index (χ2n) is 5.73. The van der Waals surface area contributed by atoms with Crippen molar-refractivity contribution in [1.29, 1.82) is 0 Å². The number of rotatable bonds is 3. The van der Waals surface area contributed by atoms with Crippen LogP contribution in [-0.2, 0) is 0 Å². The van der Waals surface area contributed by atoms with E-state index in [4.69, 9.17) is 0 Å². The van der Waals surface area contributed by atoms with Crippen molar-refractivity contribution in [3.05, 3.63) is 0 Å². The Morgan fingerprint density at radius 1 is 1.19 bits per heavy atom. The summed E-state index contributed by atoms with van der Waals surface area (Å²) in [5.41, 5.74) is 0. The molecule has 16 heavy (non-hydrogen) atoms.